The summed E-state index contributed by atoms with van der Waals surface area (Å²) < 4.78 is 1.33. The zero-order chi connectivity index (χ0) is 7.40. The van der Waals surface area contributed by atoms with Crippen molar-refractivity contribution < 1.29 is 0 Å². The first-order chi connectivity index (χ1) is 4.84. The van der Waals surface area contributed by atoms with Gasteiger partial charge < -0.3 is 0 Å². The molecule has 46 valence electrons. The summed E-state index contributed by atoms with van der Waals surface area (Å²) in [4.78, 5) is 2.12. The first kappa shape index (κ1) is 8.15. The summed E-state index contributed by atoms with van der Waals surface area (Å²) in [5.74, 6) is 0. The number of hydrogen-bond acceptors (Lipinski definition) is 0. The minimum absolute atomic E-state index is 1.31. The second-order valence-electron chi connectivity index (χ2n) is 1.92. The van der Waals surface area contributed by atoms with Gasteiger partial charge in [0.05, 0.1) is 0 Å². The Morgan fingerprint density at radius 3 is 2.30 bits per heavy atom. The average molecular weight is 247 g/mol. The molecule has 0 amide bonds. The number of benzene rings is 1. The van der Waals surface area contributed by atoms with Crippen LogP contribution in [0.1, 0.15) is 5.56 Å². The van der Waals surface area contributed by atoms with E-state index in [4.69, 9.17) is 0 Å². The van der Waals surface area contributed by atoms with Crippen LogP contribution in [0.25, 0.3) is 4.41 Å². The molecule has 0 fully saturated rings. The molecule has 1 aromatic carbocycles. The normalized spacial score (nSPS) is 11.6. The van der Waals surface area contributed by atoms with Crippen molar-refractivity contribution in [2.45, 2.75) is 0 Å². The molecule has 10 heavy (non-hydrogen) atoms. The van der Waals surface area contributed by atoms with E-state index < -0.39 is 0 Å². The van der Waals surface area contributed by atoms with Gasteiger partial charge in [-0.3, -0.25) is 0 Å². The Morgan fingerprint density at radius 2 is 1.80 bits per heavy atom. The predicted octanol–water partition coefficient (Wildman–Crippen LogP) is 1.32. The van der Waals surface area contributed by atoms with Crippen LogP contribution in [0.3, 0.4) is 0 Å². The SMILES string of the molecule is [Ge][CH]=[C]([Ge])c1ccccc1. The molecule has 0 aliphatic carbocycles. The van der Waals surface area contributed by atoms with E-state index in [1.165, 1.54) is 9.97 Å². The van der Waals surface area contributed by atoms with Crippen molar-refractivity contribution >= 4 is 37.4 Å². The van der Waals surface area contributed by atoms with E-state index in [0.717, 1.165) is 0 Å². The van der Waals surface area contributed by atoms with E-state index in [1.54, 1.807) is 0 Å². The summed E-state index contributed by atoms with van der Waals surface area (Å²) >= 11 is 4.18. The molecule has 0 atom stereocenters. The molecule has 0 bridgehead atoms. The fraction of sp³-hybridized carbons (Fsp3) is 0. The van der Waals surface area contributed by atoms with Crippen LogP contribution >= 0.6 is 0 Å². The van der Waals surface area contributed by atoms with E-state index in [0.29, 0.717) is 0 Å². The third-order valence-electron chi connectivity index (χ3n) is 1.23. The van der Waals surface area contributed by atoms with E-state index in [-0.39, 0.29) is 0 Å². The third-order valence-corrected chi connectivity index (χ3v) is 4.01. The second-order valence-corrected chi connectivity index (χ2v) is 3.66. The molecule has 6 radical (unpaired) electrons. The zero-order valence-corrected chi connectivity index (χ0v) is 9.66. The topological polar surface area (TPSA) is 0 Å². The van der Waals surface area contributed by atoms with Crippen molar-refractivity contribution in [1.29, 1.82) is 0 Å². The van der Waals surface area contributed by atoms with Crippen molar-refractivity contribution in [3.8, 4) is 0 Å². The molecule has 2 heteroatoms. The molecule has 0 aromatic heterocycles. The van der Waals surface area contributed by atoms with Gasteiger partial charge in [0.15, 0.2) is 0 Å². The van der Waals surface area contributed by atoms with Gasteiger partial charge in [0.1, 0.15) is 0 Å². The second kappa shape index (κ2) is 4.04. The van der Waals surface area contributed by atoms with Gasteiger partial charge in [0.2, 0.25) is 0 Å². The quantitative estimate of drug-likeness (QED) is 0.657. The van der Waals surface area contributed by atoms with Crippen molar-refractivity contribution in [3.05, 3.63) is 40.8 Å². The van der Waals surface area contributed by atoms with E-state index in [9.17, 15) is 0 Å². The van der Waals surface area contributed by atoms with Gasteiger partial charge in [-0.05, 0) is 0 Å². The molecule has 0 saturated heterocycles. The van der Waals surface area contributed by atoms with Gasteiger partial charge in [-0.25, -0.2) is 0 Å². The van der Waals surface area contributed by atoms with Gasteiger partial charge in [-0.15, -0.1) is 0 Å². The Bertz CT molecular complexity index is 226. The van der Waals surface area contributed by atoms with Crippen molar-refractivity contribution in [1.82, 2.24) is 0 Å². The summed E-state index contributed by atoms with van der Waals surface area (Å²) in [5, 5.41) is 0. The standard InChI is InChI=1S/C8H6Ge2/c9-6-8(10)7-4-2-1-3-5-7/h1-6H. The van der Waals surface area contributed by atoms with Crippen molar-refractivity contribution in [3.63, 3.8) is 0 Å². The number of rotatable bonds is 1. The van der Waals surface area contributed by atoms with Crippen LogP contribution in [0.4, 0.5) is 0 Å². The summed E-state index contributed by atoms with van der Waals surface area (Å²) in [6.45, 7) is 0. The van der Waals surface area contributed by atoms with Crippen LogP contribution in [0.2, 0.25) is 0 Å². The van der Waals surface area contributed by atoms with Crippen LogP contribution < -0.4 is 0 Å². The van der Waals surface area contributed by atoms with Gasteiger partial charge >= 0.3 is 78.2 Å². The Labute approximate surface area is 78.2 Å². The van der Waals surface area contributed by atoms with Gasteiger partial charge in [-0.2, -0.15) is 0 Å². The Kier molecular flexibility index (Phi) is 3.29. The monoisotopic (exact) mass is 250 g/mol. The zero-order valence-electron chi connectivity index (χ0n) is 5.46. The Hall–Kier alpha value is 0.0457. The van der Waals surface area contributed by atoms with Crippen LogP contribution in [0.15, 0.2) is 35.2 Å². The maximum absolute atomic E-state index is 2.12. The molecule has 1 aromatic rings. The summed E-state index contributed by atoms with van der Waals surface area (Å²) in [6.07, 6.45) is 0. The molecule has 0 aliphatic rings. The van der Waals surface area contributed by atoms with E-state index in [2.05, 4.69) is 62.2 Å². The van der Waals surface area contributed by atoms with E-state index in [1.807, 2.05) is 6.07 Å². The first-order valence-corrected chi connectivity index (χ1v) is 5.25. The Balaban J connectivity index is 2.96. The van der Waals surface area contributed by atoms with Crippen LogP contribution in [-0.2, 0) is 0 Å². The van der Waals surface area contributed by atoms with Crippen LogP contribution in [-0.4, -0.2) is 33.0 Å². The van der Waals surface area contributed by atoms with E-state index >= 15 is 0 Å². The molecule has 0 N–H and O–H groups in total. The van der Waals surface area contributed by atoms with Gasteiger partial charge in [0.25, 0.3) is 0 Å². The predicted molar refractivity (Wildman–Crippen MR) is 45.9 cm³/mol. The van der Waals surface area contributed by atoms with Gasteiger partial charge in [0, 0.05) is 0 Å². The Morgan fingerprint density at radius 1 is 1.20 bits per heavy atom. The average Bonchev–Trinajstić information content (AvgIpc) is 2.05. The molecule has 0 unspecified atom stereocenters. The third kappa shape index (κ3) is 2.02. The maximum atomic E-state index is 2.12. The molecule has 0 spiro atoms. The van der Waals surface area contributed by atoms with Crippen LogP contribution in [0, 0.1) is 0 Å². The van der Waals surface area contributed by atoms with Crippen molar-refractivity contribution in [2.75, 3.05) is 0 Å². The molecule has 1 rings (SSSR count). The molecule has 0 aliphatic heterocycles. The molecule has 0 saturated carbocycles. The number of hydrogen-bond donors (Lipinski definition) is 0. The summed E-state index contributed by atoms with van der Waals surface area (Å²) in [7, 11) is 0. The summed E-state index contributed by atoms with van der Waals surface area (Å²) in [6, 6.07) is 10.4. The molecule has 0 nitrogen and oxygen atoms in total. The first-order valence-electron chi connectivity index (χ1n) is 2.99. The minimum atomic E-state index is 1.31. The summed E-state index contributed by atoms with van der Waals surface area (Å²) in [5.41, 5.74) is 1.31. The molecule has 0 heterocycles. The van der Waals surface area contributed by atoms with Crippen molar-refractivity contribution in [2.24, 2.45) is 0 Å². The fourth-order valence-electron chi connectivity index (χ4n) is 0.701. The van der Waals surface area contributed by atoms with Gasteiger partial charge in [-0.1, -0.05) is 0 Å². The molecular formula is C8H6Ge2. The molecular weight excluding hydrogens is 241 g/mol. The van der Waals surface area contributed by atoms with Crippen LogP contribution in [0.5, 0.6) is 0 Å². The fourth-order valence-corrected chi connectivity index (χ4v) is 1.40.